The third-order valence-electron chi connectivity index (χ3n) is 2.96. The van der Waals surface area contributed by atoms with Crippen LogP contribution in [0, 0.1) is 6.92 Å². The number of amides is 3. The van der Waals surface area contributed by atoms with E-state index in [1.54, 1.807) is 42.8 Å². The number of aryl methyl sites for hydroxylation is 1. The van der Waals surface area contributed by atoms with E-state index in [0.29, 0.717) is 31.5 Å². The minimum atomic E-state index is -0.470. The average Bonchev–Trinajstić information content (AvgIpc) is 3.16. The summed E-state index contributed by atoms with van der Waals surface area (Å²) in [5.74, 6) is -0.312. The molecular weight excluding hydrogens is 382 g/mol. The molecule has 0 aliphatic carbocycles. The molecule has 128 valence electrons. The normalized spacial score (nSPS) is 10.3. The molecule has 0 saturated carbocycles. The number of hydrogen-bond acceptors (Lipinski definition) is 6. The number of carbonyl (C=O) groups excluding carboxylic acids is 2. The maximum atomic E-state index is 12.2. The number of halogens is 1. The van der Waals surface area contributed by atoms with Gasteiger partial charge in [-0.2, -0.15) is 0 Å². The third-order valence-corrected chi connectivity index (χ3v) is 4.95. The second-order valence-corrected chi connectivity index (χ2v) is 7.14. The van der Waals surface area contributed by atoms with Crippen molar-refractivity contribution in [2.24, 2.45) is 0 Å². The van der Waals surface area contributed by atoms with Crippen molar-refractivity contribution in [3.05, 3.63) is 51.4 Å². The molecule has 1 aromatic carbocycles. The lowest BCUT2D eigenvalue weighted by atomic mass is 10.3. The predicted octanol–water partition coefficient (Wildman–Crippen LogP) is 4.46. The molecular formula is C15H12ClN5O2S2. The molecule has 3 aromatic rings. The number of thiazole rings is 2. The van der Waals surface area contributed by atoms with Gasteiger partial charge in [0.05, 0.1) is 5.69 Å². The average molecular weight is 394 g/mol. The predicted molar refractivity (Wildman–Crippen MR) is 101 cm³/mol. The number of aromatic nitrogens is 2. The van der Waals surface area contributed by atoms with Crippen LogP contribution in [0.25, 0.3) is 0 Å². The van der Waals surface area contributed by atoms with Crippen LogP contribution in [0.1, 0.15) is 15.4 Å². The minimum absolute atomic E-state index is 0.312. The molecule has 0 aliphatic heterocycles. The molecule has 0 radical (unpaired) electrons. The van der Waals surface area contributed by atoms with Crippen molar-refractivity contribution in [1.29, 1.82) is 0 Å². The molecule has 10 heteroatoms. The Labute approximate surface area is 156 Å². The summed E-state index contributed by atoms with van der Waals surface area (Å²) in [6.45, 7) is 1.70. The van der Waals surface area contributed by atoms with Crippen LogP contribution < -0.4 is 16.0 Å². The van der Waals surface area contributed by atoms with Gasteiger partial charge in [-0.25, -0.2) is 14.8 Å². The Balaban J connectivity index is 1.65. The van der Waals surface area contributed by atoms with Gasteiger partial charge in [-0.15, -0.1) is 11.3 Å². The molecule has 0 saturated heterocycles. The largest absolute Gasteiger partial charge is 0.325 e. The lowest BCUT2D eigenvalue weighted by Crippen LogP contribution is -2.19. The van der Waals surface area contributed by atoms with Gasteiger partial charge in [0.2, 0.25) is 0 Å². The summed E-state index contributed by atoms with van der Waals surface area (Å²) in [5, 5.41) is 11.1. The van der Waals surface area contributed by atoms with Gasteiger partial charge in [-0.1, -0.05) is 29.0 Å². The molecule has 0 bridgehead atoms. The highest BCUT2D eigenvalue weighted by atomic mass is 35.5. The summed E-state index contributed by atoms with van der Waals surface area (Å²) in [4.78, 5) is 32.9. The van der Waals surface area contributed by atoms with E-state index in [-0.39, 0.29) is 5.91 Å². The summed E-state index contributed by atoms with van der Waals surface area (Å²) in [6, 6.07) is 6.31. The van der Waals surface area contributed by atoms with E-state index in [4.69, 9.17) is 11.6 Å². The third kappa shape index (κ3) is 4.53. The lowest BCUT2D eigenvalue weighted by molar-refractivity contribution is 0.102. The number of rotatable bonds is 4. The van der Waals surface area contributed by atoms with Gasteiger partial charge in [-0.05, 0) is 25.1 Å². The molecule has 0 aliphatic rings. The maximum Gasteiger partial charge on any atom is 0.325 e. The fourth-order valence-corrected chi connectivity index (χ4v) is 3.50. The summed E-state index contributed by atoms with van der Waals surface area (Å²) in [7, 11) is 0. The molecule has 25 heavy (non-hydrogen) atoms. The molecule has 3 amide bonds. The van der Waals surface area contributed by atoms with E-state index < -0.39 is 6.03 Å². The molecule has 0 fully saturated rings. The van der Waals surface area contributed by atoms with Gasteiger partial charge in [0.25, 0.3) is 5.91 Å². The highest BCUT2D eigenvalue weighted by Crippen LogP contribution is 2.24. The van der Waals surface area contributed by atoms with Crippen LogP contribution in [0.5, 0.6) is 0 Å². The summed E-state index contributed by atoms with van der Waals surface area (Å²) < 4.78 is 0. The smallest absolute Gasteiger partial charge is 0.308 e. The van der Waals surface area contributed by atoms with Gasteiger partial charge >= 0.3 is 6.03 Å². The molecule has 2 aromatic heterocycles. The van der Waals surface area contributed by atoms with E-state index in [9.17, 15) is 9.59 Å². The highest BCUT2D eigenvalue weighted by Gasteiger charge is 2.17. The van der Waals surface area contributed by atoms with Crippen LogP contribution in [0.15, 0.2) is 35.8 Å². The topological polar surface area (TPSA) is 96.0 Å². The van der Waals surface area contributed by atoms with Crippen LogP contribution in [0.2, 0.25) is 5.02 Å². The van der Waals surface area contributed by atoms with Crippen molar-refractivity contribution in [2.75, 3.05) is 16.0 Å². The Morgan fingerprint density at radius 3 is 2.72 bits per heavy atom. The summed E-state index contributed by atoms with van der Waals surface area (Å²) in [5.41, 5.74) is 1.08. The van der Waals surface area contributed by atoms with E-state index in [1.165, 1.54) is 11.3 Å². The van der Waals surface area contributed by atoms with Gasteiger partial charge in [-0.3, -0.25) is 15.4 Å². The SMILES string of the molecule is Cc1nc(NC(=O)Nc2cccc(Cl)c2)sc1C(=O)Nc1nccs1. The standard InChI is InChI=1S/C15H12ClN5O2S2/c1-8-11(12(22)20-14-17-5-6-24-14)25-15(18-8)21-13(23)19-10-4-2-3-9(16)7-10/h2-7H,1H3,(H,17,20,22)(H2,18,19,21,23). The zero-order valence-electron chi connectivity index (χ0n) is 12.9. The zero-order valence-corrected chi connectivity index (χ0v) is 15.3. The maximum absolute atomic E-state index is 12.2. The Kier molecular flexibility index (Phi) is 5.27. The number of urea groups is 1. The number of nitrogens with one attached hydrogen (secondary N) is 3. The number of nitrogens with zero attached hydrogens (tertiary/aromatic N) is 2. The first-order valence-electron chi connectivity index (χ1n) is 7.03. The van der Waals surface area contributed by atoms with Gasteiger partial charge in [0.1, 0.15) is 4.88 Å². The van der Waals surface area contributed by atoms with Crippen molar-refractivity contribution < 1.29 is 9.59 Å². The van der Waals surface area contributed by atoms with Gasteiger partial charge < -0.3 is 5.32 Å². The molecule has 3 N–H and O–H groups in total. The van der Waals surface area contributed by atoms with Crippen molar-refractivity contribution in [3.8, 4) is 0 Å². The van der Waals surface area contributed by atoms with Crippen LogP contribution in [0.3, 0.4) is 0 Å². The Morgan fingerprint density at radius 2 is 2.00 bits per heavy atom. The van der Waals surface area contributed by atoms with Crippen LogP contribution >= 0.6 is 34.3 Å². The number of hydrogen-bond donors (Lipinski definition) is 3. The Morgan fingerprint density at radius 1 is 1.16 bits per heavy atom. The summed E-state index contributed by atoms with van der Waals surface area (Å²) >= 11 is 8.28. The number of anilines is 3. The van der Waals surface area contributed by atoms with Crippen molar-refractivity contribution in [3.63, 3.8) is 0 Å². The van der Waals surface area contributed by atoms with Gasteiger partial charge in [0, 0.05) is 22.3 Å². The Bertz CT molecular complexity index is 911. The fourth-order valence-electron chi connectivity index (χ4n) is 1.93. The van der Waals surface area contributed by atoms with Crippen molar-refractivity contribution in [1.82, 2.24) is 9.97 Å². The highest BCUT2D eigenvalue weighted by molar-refractivity contribution is 7.18. The monoisotopic (exact) mass is 393 g/mol. The number of benzene rings is 1. The molecule has 2 heterocycles. The van der Waals surface area contributed by atoms with Crippen molar-refractivity contribution >= 4 is 62.2 Å². The zero-order chi connectivity index (χ0) is 17.8. The molecule has 3 rings (SSSR count). The molecule has 0 atom stereocenters. The second-order valence-electron chi connectivity index (χ2n) is 4.81. The molecule has 0 unspecified atom stereocenters. The quantitative estimate of drug-likeness (QED) is 0.609. The second kappa shape index (κ2) is 7.60. The molecule has 7 nitrogen and oxygen atoms in total. The van der Waals surface area contributed by atoms with Crippen molar-refractivity contribution in [2.45, 2.75) is 6.92 Å². The van der Waals surface area contributed by atoms with Crippen LogP contribution in [0.4, 0.5) is 20.7 Å². The first-order valence-corrected chi connectivity index (χ1v) is 9.10. The van der Waals surface area contributed by atoms with Crippen LogP contribution in [-0.4, -0.2) is 21.9 Å². The first kappa shape index (κ1) is 17.3. The van der Waals surface area contributed by atoms with Gasteiger partial charge in [0.15, 0.2) is 10.3 Å². The summed E-state index contributed by atoms with van der Waals surface area (Å²) in [6.07, 6.45) is 1.60. The number of carbonyl (C=O) groups is 2. The fraction of sp³-hybridized carbons (Fsp3) is 0.0667. The van der Waals surface area contributed by atoms with E-state index in [1.807, 2.05) is 0 Å². The Hall–Kier alpha value is -2.49. The van der Waals surface area contributed by atoms with Crippen LogP contribution in [-0.2, 0) is 0 Å². The minimum Gasteiger partial charge on any atom is -0.308 e. The lowest BCUT2D eigenvalue weighted by Gasteiger charge is -2.05. The first-order chi connectivity index (χ1) is 12.0. The van der Waals surface area contributed by atoms with E-state index in [2.05, 4.69) is 25.9 Å². The van der Waals surface area contributed by atoms with E-state index >= 15 is 0 Å². The van der Waals surface area contributed by atoms with E-state index in [0.717, 1.165) is 11.3 Å². The molecule has 0 spiro atoms.